The number of hydrogen-bond donors (Lipinski definition) is 2. The minimum absolute atomic E-state index is 0.270. The van der Waals surface area contributed by atoms with Gasteiger partial charge in [0.1, 0.15) is 33.1 Å². The van der Waals surface area contributed by atoms with Crippen molar-refractivity contribution >= 4 is 27.8 Å². The average Bonchev–Trinajstić information content (AvgIpc) is 3.20. The Morgan fingerprint density at radius 3 is 2.04 bits per heavy atom. The molecule has 3 heterocycles. The van der Waals surface area contributed by atoms with E-state index < -0.39 is 11.1 Å². The first-order valence-corrected chi connectivity index (χ1v) is 8.99. The minimum atomic E-state index is -0.717. The van der Waals surface area contributed by atoms with E-state index in [1.807, 2.05) is 80.5 Å². The molecule has 0 amide bonds. The number of benzene rings is 2. The van der Waals surface area contributed by atoms with Crippen molar-refractivity contribution in [2.75, 3.05) is 0 Å². The topological polar surface area (TPSA) is 70.1 Å². The molecule has 7 nitrogen and oxygen atoms in total. The summed E-state index contributed by atoms with van der Waals surface area (Å²) in [6, 6.07) is 15.8. The third-order valence-corrected chi connectivity index (χ3v) is 6.24. The van der Waals surface area contributed by atoms with Gasteiger partial charge in [0.15, 0.2) is 0 Å². The maximum atomic E-state index is 11.0. The maximum absolute atomic E-state index is 11.0. The SMILES string of the molecule is CC1(C)N(O)C(=[n+]2c3ccccc3n3c4ccccc4nc32)N(O)C1(C)C. The molecule has 2 aromatic carbocycles. The number of fused-ring (bicyclic) bond motifs is 5. The summed E-state index contributed by atoms with van der Waals surface area (Å²) < 4.78 is 3.86. The molecule has 7 heteroatoms. The molecule has 27 heavy (non-hydrogen) atoms. The Labute approximate surface area is 155 Å². The Morgan fingerprint density at radius 1 is 0.815 bits per heavy atom. The second-order valence-corrected chi connectivity index (χ2v) is 8.10. The first kappa shape index (κ1) is 16.3. The predicted octanol–water partition coefficient (Wildman–Crippen LogP) is 2.90. The lowest BCUT2D eigenvalue weighted by Gasteiger charge is -2.33. The van der Waals surface area contributed by atoms with Crippen LogP contribution in [0.3, 0.4) is 0 Å². The molecule has 2 aromatic heterocycles. The number of aromatic nitrogens is 3. The van der Waals surface area contributed by atoms with Gasteiger partial charge in [0.05, 0.1) is 0 Å². The van der Waals surface area contributed by atoms with E-state index in [2.05, 4.69) is 4.40 Å². The highest BCUT2D eigenvalue weighted by Crippen LogP contribution is 2.41. The predicted molar refractivity (Wildman–Crippen MR) is 100 cm³/mol. The third-order valence-electron chi connectivity index (χ3n) is 6.24. The van der Waals surface area contributed by atoms with Gasteiger partial charge in [-0.05, 0) is 52.0 Å². The summed E-state index contributed by atoms with van der Waals surface area (Å²) in [5.74, 6) is 0.908. The summed E-state index contributed by atoms with van der Waals surface area (Å²) in [7, 11) is 0. The lowest BCUT2D eigenvalue weighted by molar-refractivity contribution is -0.518. The van der Waals surface area contributed by atoms with Crippen LogP contribution in [0.4, 0.5) is 0 Å². The van der Waals surface area contributed by atoms with Crippen LogP contribution in [-0.2, 0) is 0 Å². The number of hydroxylamine groups is 4. The lowest BCUT2D eigenvalue weighted by atomic mass is 9.84. The second-order valence-electron chi connectivity index (χ2n) is 8.10. The van der Waals surface area contributed by atoms with E-state index in [-0.39, 0.29) is 5.96 Å². The van der Waals surface area contributed by atoms with Crippen LogP contribution in [0.15, 0.2) is 48.5 Å². The Kier molecular flexibility index (Phi) is 2.94. The van der Waals surface area contributed by atoms with E-state index in [4.69, 9.17) is 4.98 Å². The molecule has 0 bridgehead atoms. The molecule has 2 N–H and O–H groups in total. The highest BCUT2D eigenvalue weighted by Gasteiger charge is 2.61. The van der Waals surface area contributed by atoms with Crippen LogP contribution in [0.1, 0.15) is 27.7 Å². The van der Waals surface area contributed by atoms with E-state index in [0.717, 1.165) is 32.2 Å². The zero-order valence-electron chi connectivity index (χ0n) is 15.7. The van der Waals surface area contributed by atoms with Crippen molar-refractivity contribution in [2.45, 2.75) is 38.8 Å². The third kappa shape index (κ3) is 1.78. The second kappa shape index (κ2) is 4.88. The summed E-state index contributed by atoms with van der Waals surface area (Å²) in [4.78, 5) is 4.79. The van der Waals surface area contributed by atoms with Gasteiger partial charge < -0.3 is 0 Å². The van der Waals surface area contributed by atoms with E-state index >= 15 is 0 Å². The van der Waals surface area contributed by atoms with Crippen LogP contribution < -0.4 is 4.24 Å². The van der Waals surface area contributed by atoms with Crippen molar-refractivity contribution in [1.82, 2.24) is 19.5 Å². The van der Waals surface area contributed by atoms with Crippen LogP contribution in [0, 0.1) is 5.96 Å². The molecule has 1 aliphatic heterocycles. The molecule has 0 unspecified atom stereocenters. The number of nitrogens with zero attached hydrogens (tertiary/aromatic N) is 5. The Balaban J connectivity index is 2.06. The summed E-state index contributed by atoms with van der Waals surface area (Å²) in [5.41, 5.74) is 2.22. The van der Waals surface area contributed by atoms with Crippen LogP contribution in [0.5, 0.6) is 0 Å². The summed E-state index contributed by atoms with van der Waals surface area (Å²) >= 11 is 0. The van der Waals surface area contributed by atoms with Gasteiger partial charge >= 0.3 is 11.7 Å². The Hall–Kier alpha value is -2.90. The van der Waals surface area contributed by atoms with Crippen molar-refractivity contribution in [3.63, 3.8) is 0 Å². The van der Waals surface area contributed by atoms with Crippen LogP contribution in [-0.4, -0.2) is 41.0 Å². The van der Waals surface area contributed by atoms with Crippen molar-refractivity contribution in [2.24, 2.45) is 0 Å². The molecule has 0 atom stereocenters. The average molecular weight is 364 g/mol. The van der Waals surface area contributed by atoms with Gasteiger partial charge in [-0.3, -0.25) is 10.4 Å². The van der Waals surface area contributed by atoms with E-state index in [0.29, 0.717) is 5.78 Å². The molecule has 5 rings (SSSR count). The summed E-state index contributed by atoms with van der Waals surface area (Å²) in [6.45, 7) is 7.59. The molecule has 1 aliphatic rings. The quantitative estimate of drug-likeness (QED) is 0.470. The van der Waals surface area contributed by atoms with Crippen molar-refractivity contribution < 1.29 is 14.7 Å². The molecule has 0 spiro atoms. The highest BCUT2D eigenvalue weighted by atomic mass is 16.6. The zero-order chi connectivity index (χ0) is 19.1. The fraction of sp³-hybridized carbons (Fsp3) is 0.300. The van der Waals surface area contributed by atoms with Crippen molar-refractivity contribution in [1.29, 1.82) is 0 Å². The van der Waals surface area contributed by atoms with Gasteiger partial charge in [-0.1, -0.05) is 24.3 Å². The van der Waals surface area contributed by atoms with Crippen molar-refractivity contribution in [3.05, 3.63) is 54.5 Å². The van der Waals surface area contributed by atoms with Gasteiger partial charge in [-0.25, -0.2) is 4.40 Å². The summed E-state index contributed by atoms with van der Waals surface area (Å²) in [5, 5.41) is 24.3. The normalized spacial score (nSPS) is 19.1. The summed E-state index contributed by atoms with van der Waals surface area (Å²) in [6.07, 6.45) is 0. The fourth-order valence-corrected chi connectivity index (χ4v) is 3.85. The lowest BCUT2D eigenvalue weighted by Crippen LogP contribution is -2.52. The molecule has 4 aromatic rings. The van der Waals surface area contributed by atoms with Gasteiger partial charge in [0.2, 0.25) is 0 Å². The van der Waals surface area contributed by atoms with Gasteiger partial charge in [-0.15, -0.1) is 4.98 Å². The first-order valence-electron chi connectivity index (χ1n) is 8.99. The molecule has 0 aliphatic carbocycles. The smallest absolute Gasteiger partial charge is 0.252 e. The van der Waals surface area contributed by atoms with Gasteiger partial charge in [0, 0.05) is 0 Å². The molecule has 1 saturated heterocycles. The molecular formula is C20H22N5O2+. The Morgan fingerprint density at radius 2 is 1.37 bits per heavy atom. The molecule has 0 saturated carbocycles. The maximum Gasteiger partial charge on any atom is 0.349 e. The van der Waals surface area contributed by atoms with Crippen LogP contribution in [0.25, 0.3) is 27.8 Å². The van der Waals surface area contributed by atoms with Gasteiger partial charge in [-0.2, -0.15) is 14.4 Å². The van der Waals surface area contributed by atoms with E-state index in [1.165, 1.54) is 0 Å². The van der Waals surface area contributed by atoms with E-state index in [1.54, 1.807) is 0 Å². The molecule has 138 valence electrons. The highest BCUT2D eigenvalue weighted by molar-refractivity contribution is 5.86. The van der Waals surface area contributed by atoms with Crippen molar-refractivity contribution in [3.8, 4) is 0 Å². The number of hydrogen-bond acceptors (Lipinski definition) is 5. The van der Waals surface area contributed by atoms with Crippen LogP contribution >= 0.6 is 0 Å². The molecule has 0 radical (unpaired) electrons. The standard InChI is InChI=1S/C20H22N5O2/c1-19(2)20(3,4)25(27)18(24(19)26)23-16-12-8-7-11-15(16)22-14-10-6-5-9-13(14)21-17(22)23/h5-12,26-27H,1-4H3/q+1. The number of rotatable bonds is 0. The van der Waals surface area contributed by atoms with Gasteiger partial charge in [0.25, 0.3) is 0 Å². The minimum Gasteiger partial charge on any atom is -0.252 e. The largest absolute Gasteiger partial charge is 0.349 e. The van der Waals surface area contributed by atoms with Crippen LogP contribution in [0.2, 0.25) is 0 Å². The molecule has 1 fully saturated rings. The Bertz CT molecular complexity index is 1250. The monoisotopic (exact) mass is 364 g/mol. The first-order chi connectivity index (χ1) is 12.8. The zero-order valence-corrected chi connectivity index (χ0v) is 15.7. The number of para-hydroxylation sites is 4. The molecular weight excluding hydrogens is 342 g/mol. The van der Waals surface area contributed by atoms with E-state index in [9.17, 15) is 10.4 Å². The fourth-order valence-electron chi connectivity index (χ4n) is 3.85. The number of imidazole rings is 2.